The highest BCUT2D eigenvalue weighted by molar-refractivity contribution is 9.11. The van der Waals surface area contributed by atoms with Crippen molar-refractivity contribution in [1.29, 1.82) is 0 Å². The number of urea groups is 1. The van der Waals surface area contributed by atoms with E-state index in [9.17, 15) is 18.8 Å². The third kappa shape index (κ3) is 5.44. The summed E-state index contributed by atoms with van der Waals surface area (Å²) in [6.45, 7) is 0.206. The third-order valence-corrected chi connectivity index (χ3v) is 6.24. The van der Waals surface area contributed by atoms with Crippen LogP contribution < -0.4 is 19.7 Å². The van der Waals surface area contributed by atoms with Crippen LogP contribution in [0.4, 0.5) is 14.9 Å². The highest BCUT2D eigenvalue weighted by Crippen LogP contribution is 2.36. The summed E-state index contributed by atoms with van der Waals surface area (Å²) in [6, 6.07) is 14.8. The van der Waals surface area contributed by atoms with Crippen LogP contribution >= 0.6 is 31.9 Å². The van der Waals surface area contributed by atoms with Crippen LogP contribution in [0.25, 0.3) is 6.08 Å². The first-order valence-corrected chi connectivity index (χ1v) is 11.8. The highest BCUT2D eigenvalue weighted by atomic mass is 79.9. The maximum absolute atomic E-state index is 13.1. The van der Waals surface area contributed by atoms with E-state index in [1.165, 1.54) is 25.3 Å². The molecule has 1 aliphatic heterocycles. The number of halogens is 3. The quantitative estimate of drug-likeness (QED) is 0.293. The van der Waals surface area contributed by atoms with Crippen molar-refractivity contribution in [1.82, 2.24) is 5.32 Å². The van der Waals surface area contributed by atoms with E-state index in [0.29, 0.717) is 31.7 Å². The Labute approximate surface area is 216 Å². The number of methoxy groups -OCH3 is 1. The van der Waals surface area contributed by atoms with Gasteiger partial charge in [0.15, 0.2) is 0 Å². The number of ether oxygens (including phenoxy) is 2. The number of rotatable bonds is 6. The summed E-state index contributed by atoms with van der Waals surface area (Å²) in [6.07, 6.45) is 1.39. The van der Waals surface area contributed by atoms with Crippen molar-refractivity contribution in [2.24, 2.45) is 0 Å². The predicted octanol–water partition coefficient (Wildman–Crippen LogP) is 5.60. The molecule has 1 heterocycles. The summed E-state index contributed by atoms with van der Waals surface area (Å²) >= 11 is 6.89. The maximum atomic E-state index is 13.1. The van der Waals surface area contributed by atoms with Gasteiger partial charge in [0.2, 0.25) is 0 Å². The van der Waals surface area contributed by atoms with Crippen LogP contribution in [0.15, 0.2) is 75.2 Å². The van der Waals surface area contributed by atoms with Crippen molar-refractivity contribution in [2.45, 2.75) is 6.61 Å². The average molecular weight is 604 g/mol. The highest BCUT2D eigenvalue weighted by Gasteiger charge is 2.36. The normalized spacial score (nSPS) is 14.8. The largest absolute Gasteiger partial charge is 0.497 e. The Morgan fingerprint density at radius 2 is 1.60 bits per heavy atom. The fraction of sp³-hybridized carbons (Fsp3) is 0.0800. The molecule has 0 bridgehead atoms. The lowest BCUT2D eigenvalue weighted by Gasteiger charge is -2.26. The third-order valence-electron chi connectivity index (χ3n) is 5.06. The van der Waals surface area contributed by atoms with Gasteiger partial charge in [-0.3, -0.25) is 14.9 Å². The second kappa shape index (κ2) is 10.4. The second-order valence-electron chi connectivity index (χ2n) is 7.38. The van der Waals surface area contributed by atoms with Crippen molar-refractivity contribution in [3.63, 3.8) is 0 Å². The fourth-order valence-corrected chi connectivity index (χ4v) is 4.78. The zero-order valence-electron chi connectivity index (χ0n) is 18.2. The van der Waals surface area contributed by atoms with Crippen LogP contribution in [0, 0.1) is 5.82 Å². The summed E-state index contributed by atoms with van der Waals surface area (Å²) in [7, 11) is 1.50. The lowest BCUT2D eigenvalue weighted by atomic mass is 10.1. The average Bonchev–Trinajstić information content (AvgIpc) is 2.82. The molecule has 0 saturated carbocycles. The smallest absolute Gasteiger partial charge is 0.335 e. The van der Waals surface area contributed by atoms with Crippen molar-refractivity contribution < 1.29 is 28.2 Å². The summed E-state index contributed by atoms with van der Waals surface area (Å²) in [5.74, 6) is -0.837. The van der Waals surface area contributed by atoms with E-state index in [4.69, 9.17) is 9.47 Å². The van der Waals surface area contributed by atoms with Crippen LogP contribution in [-0.2, 0) is 16.2 Å². The number of hydrogen-bond acceptors (Lipinski definition) is 5. The van der Waals surface area contributed by atoms with Gasteiger partial charge in [-0.2, -0.15) is 0 Å². The summed E-state index contributed by atoms with van der Waals surface area (Å²) in [4.78, 5) is 38.8. The molecule has 1 fully saturated rings. The molecule has 3 aromatic carbocycles. The Balaban J connectivity index is 1.59. The summed E-state index contributed by atoms with van der Waals surface area (Å²) in [5.41, 5.74) is 1.38. The Hall–Kier alpha value is -3.50. The molecular formula is C25H17Br2FN2O5. The summed E-state index contributed by atoms with van der Waals surface area (Å²) in [5, 5.41) is 2.19. The molecule has 1 aliphatic rings. The standard InChI is InChI=1S/C25H17Br2FN2O5/c1-34-18-8-6-17(7-9-18)30-24(32)19(23(31)29-25(30)33)10-15-11-20(26)22(21(27)12-15)35-13-14-2-4-16(28)5-3-14/h2-12H,13H2,1H3,(H,29,31,33)/b19-10+. The molecule has 0 spiro atoms. The number of nitrogens with one attached hydrogen (secondary N) is 1. The van der Waals surface area contributed by atoms with Gasteiger partial charge in [-0.05, 0) is 97.6 Å². The lowest BCUT2D eigenvalue weighted by molar-refractivity contribution is -0.122. The van der Waals surface area contributed by atoms with Crippen LogP contribution in [-0.4, -0.2) is 25.0 Å². The number of hydrogen-bond donors (Lipinski definition) is 1. The van der Waals surface area contributed by atoms with E-state index in [-0.39, 0.29) is 18.0 Å². The maximum Gasteiger partial charge on any atom is 0.335 e. The van der Waals surface area contributed by atoms with Crippen molar-refractivity contribution in [2.75, 3.05) is 12.0 Å². The molecule has 4 rings (SSSR count). The van der Waals surface area contributed by atoms with E-state index in [1.807, 2.05) is 0 Å². The van der Waals surface area contributed by atoms with Gasteiger partial charge in [0.05, 0.1) is 21.7 Å². The Bertz CT molecular complexity index is 1320. The number of benzene rings is 3. The molecule has 10 heteroatoms. The monoisotopic (exact) mass is 602 g/mol. The zero-order valence-corrected chi connectivity index (χ0v) is 21.4. The number of carbonyl (C=O) groups excluding carboxylic acids is 3. The predicted molar refractivity (Wildman–Crippen MR) is 135 cm³/mol. The molecule has 0 radical (unpaired) electrons. The molecule has 1 N–H and O–H groups in total. The van der Waals surface area contributed by atoms with Gasteiger partial charge in [-0.1, -0.05) is 12.1 Å². The molecule has 35 heavy (non-hydrogen) atoms. The van der Waals surface area contributed by atoms with Gasteiger partial charge in [0, 0.05) is 0 Å². The second-order valence-corrected chi connectivity index (χ2v) is 9.09. The minimum atomic E-state index is -0.839. The van der Waals surface area contributed by atoms with Gasteiger partial charge >= 0.3 is 6.03 Å². The number of nitrogens with zero attached hydrogens (tertiary/aromatic N) is 1. The van der Waals surface area contributed by atoms with Gasteiger partial charge in [0.1, 0.15) is 29.5 Å². The first-order chi connectivity index (χ1) is 16.8. The minimum absolute atomic E-state index is 0.206. The van der Waals surface area contributed by atoms with Gasteiger partial charge < -0.3 is 9.47 Å². The molecular weight excluding hydrogens is 587 g/mol. The van der Waals surface area contributed by atoms with E-state index in [1.54, 1.807) is 48.5 Å². The van der Waals surface area contributed by atoms with E-state index < -0.39 is 17.8 Å². The topological polar surface area (TPSA) is 84.9 Å². The SMILES string of the molecule is COc1ccc(N2C(=O)NC(=O)/C(=C\c3cc(Br)c(OCc4ccc(F)cc4)c(Br)c3)C2=O)cc1. The number of carbonyl (C=O) groups is 3. The van der Waals surface area contributed by atoms with Crippen LogP contribution in [0.5, 0.6) is 11.5 Å². The van der Waals surface area contributed by atoms with Crippen LogP contribution in [0.3, 0.4) is 0 Å². The number of anilines is 1. The Kier molecular flexibility index (Phi) is 7.32. The Morgan fingerprint density at radius 1 is 0.971 bits per heavy atom. The molecule has 3 aromatic rings. The van der Waals surface area contributed by atoms with E-state index >= 15 is 0 Å². The minimum Gasteiger partial charge on any atom is -0.497 e. The molecule has 178 valence electrons. The lowest BCUT2D eigenvalue weighted by Crippen LogP contribution is -2.54. The number of imide groups is 2. The van der Waals surface area contributed by atoms with Gasteiger partial charge in [-0.25, -0.2) is 14.1 Å². The van der Waals surface area contributed by atoms with Crippen LogP contribution in [0.1, 0.15) is 11.1 Å². The molecule has 7 nitrogen and oxygen atoms in total. The first kappa shape index (κ1) is 24.6. The first-order valence-electron chi connectivity index (χ1n) is 10.2. The van der Waals surface area contributed by atoms with Crippen LogP contribution in [0.2, 0.25) is 0 Å². The van der Waals surface area contributed by atoms with E-state index in [2.05, 4.69) is 37.2 Å². The molecule has 1 saturated heterocycles. The Morgan fingerprint density at radius 3 is 2.20 bits per heavy atom. The van der Waals surface area contributed by atoms with Crippen molar-refractivity contribution >= 4 is 61.5 Å². The zero-order chi connectivity index (χ0) is 25.1. The molecule has 4 amide bonds. The fourth-order valence-electron chi connectivity index (χ4n) is 3.33. The summed E-state index contributed by atoms with van der Waals surface area (Å²) < 4.78 is 25.2. The van der Waals surface area contributed by atoms with Crippen molar-refractivity contribution in [3.8, 4) is 11.5 Å². The molecule has 0 aromatic heterocycles. The number of amides is 4. The number of barbiturate groups is 1. The molecule has 0 aliphatic carbocycles. The molecule has 0 atom stereocenters. The van der Waals surface area contributed by atoms with Gasteiger partial charge in [0.25, 0.3) is 11.8 Å². The van der Waals surface area contributed by atoms with E-state index in [0.717, 1.165) is 10.5 Å². The van der Waals surface area contributed by atoms with Gasteiger partial charge in [-0.15, -0.1) is 0 Å². The van der Waals surface area contributed by atoms with Crippen molar-refractivity contribution in [3.05, 3.63) is 92.1 Å². The molecule has 0 unspecified atom stereocenters.